The number of hydrogen-bond acceptors (Lipinski definition) is 6. The predicted octanol–water partition coefficient (Wildman–Crippen LogP) is -0.442. The fraction of sp³-hybridized carbons (Fsp3) is 0.455. The average molecular weight is 244 g/mol. The molecule has 0 atom stereocenters. The maximum absolute atomic E-state index is 11.0. The Bertz CT molecular complexity index is 292. The zero-order valence-corrected chi connectivity index (χ0v) is 9.42. The summed E-state index contributed by atoms with van der Waals surface area (Å²) in [6.07, 6.45) is 1.87. The van der Waals surface area contributed by atoms with Crippen LogP contribution < -0.4 is 0 Å². The topological polar surface area (TPSA) is 93.1 Å². The van der Waals surface area contributed by atoms with E-state index in [4.69, 9.17) is 14.9 Å². The van der Waals surface area contributed by atoms with Crippen LogP contribution in [0.25, 0.3) is 0 Å². The van der Waals surface area contributed by atoms with E-state index in [1.165, 1.54) is 0 Å². The Balaban J connectivity index is 4.39. The van der Waals surface area contributed by atoms with E-state index in [0.717, 1.165) is 12.2 Å². The molecule has 0 spiro atoms. The SMILES string of the molecule is C=CC(=O)OCCC(CO)(CO)OC(=O)C=C. The second kappa shape index (κ2) is 7.59. The lowest BCUT2D eigenvalue weighted by Gasteiger charge is -2.28. The van der Waals surface area contributed by atoms with Crippen LogP contribution in [0.1, 0.15) is 6.42 Å². The Labute approximate surface area is 99.1 Å². The molecule has 0 fully saturated rings. The summed E-state index contributed by atoms with van der Waals surface area (Å²) in [5.74, 6) is -1.41. The van der Waals surface area contributed by atoms with Gasteiger partial charge in [0.1, 0.15) is 0 Å². The molecule has 0 saturated heterocycles. The van der Waals surface area contributed by atoms with Crippen molar-refractivity contribution in [2.75, 3.05) is 19.8 Å². The van der Waals surface area contributed by atoms with Crippen LogP contribution in [0.2, 0.25) is 0 Å². The Morgan fingerprint density at radius 1 is 1.12 bits per heavy atom. The van der Waals surface area contributed by atoms with Crippen LogP contribution in [0.3, 0.4) is 0 Å². The molecule has 0 aromatic carbocycles. The molecule has 0 heterocycles. The summed E-state index contributed by atoms with van der Waals surface area (Å²) in [7, 11) is 0. The number of aliphatic hydroxyl groups is 2. The minimum absolute atomic E-state index is 0.0286. The van der Waals surface area contributed by atoms with Crippen molar-refractivity contribution in [3.63, 3.8) is 0 Å². The summed E-state index contributed by atoms with van der Waals surface area (Å²) in [5.41, 5.74) is -1.48. The number of carbonyl (C=O) groups excluding carboxylic acids is 2. The number of aliphatic hydroxyl groups excluding tert-OH is 2. The lowest BCUT2D eigenvalue weighted by atomic mass is 10.0. The molecule has 0 radical (unpaired) electrons. The highest BCUT2D eigenvalue weighted by Gasteiger charge is 2.32. The molecule has 96 valence electrons. The Hall–Kier alpha value is -1.66. The van der Waals surface area contributed by atoms with E-state index in [0.29, 0.717) is 0 Å². The number of rotatable bonds is 8. The van der Waals surface area contributed by atoms with Gasteiger partial charge in [0.15, 0.2) is 5.60 Å². The second-order valence-electron chi connectivity index (χ2n) is 3.25. The molecule has 0 bridgehead atoms. The van der Waals surface area contributed by atoms with Crippen molar-refractivity contribution in [1.29, 1.82) is 0 Å². The Morgan fingerprint density at radius 3 is 2.06 bits per heavy atom. The molecule has 0 rings (SSSR count). The first-order valence-corrected chi connectivity index (χ1v) is 4.90. The van der Waals surface area contributed by atoms with Gasteiger partial charge in [-0.15, -0.1) is 0 Å². The zero-order valence-electron chi connectivity index (χ0n) is 9.42. The third-order valence-corrected chi connectivity index (χ3v) is 2.03. The molecule has 0 aliphatic heterocycles. The molecule has 17 heavy (non-hydrogen) atoms. The van der Waals surface area contributed by atoms with Crippen LogP contribution in [0.4, 0.5) is 0 Å². The number of hydrogen-bond donors (Lipinski definition) is 2. The Morgan fingerprint density at radius 2 is 1.65 bits per heavy atom. The lowest BCUT2D eigenvalue weighted by molar-refractivity contribution is -0.167. The van der Waals surface area contributed by atoms with E-state index < -0.39 is 30.8 Å². The van der Waals surface area contributed by atoms with E-state index in [-0.39, 0.29) is 13.0 Å². The van der Waals surface area contributed by atoms with E-state index in [1.54, 1.807) is 0 Å². The largest absolute Gasteiger partial charge is 0.462 e. The summed E-state index contributed by atoms with van der Waals surface area (Å²) in [6, 6.07) is 0. The molecule has 0 aromatic heterocycles. The van der Waals surface area contributed by atoms with E-state index >= 15 is 0 Å². The minimum atomic E-state index is -1.48. The van der Waals surface area contributed by atoms with Gasteiger partial charge in [-0.25, -0.2) is 9.59 Å². The maximum Gasteiger partial charge on any atom is 0.330 e. The molecule has 6 heteroatoms. The fourth-order valence-electron chi connectivity index (χ4n) is 0.975. The minimum Gasteiger partial charge on any atom is -0.462 e. The van der Waals surface area contributed by atoms with Crippen LogP contribution in [0.5, 0.6) is 0 Å². The fourth-order valence-corrected chi connectivity index (χ4v) is 0.975. The van der Waals surface area contributed by atoms with Gasteiger partial charge in [-0.05, 0) is 0 Å². The standard InChI is InChI=1S/C11H16O6/c1-3-9(14)16-6-5-11(7-12,8-13)17-10(15)4-2/h3-4,12-13H,1-2,5-8H2. The highest BCUT2D eigenvalue weighted by Crippen LogP contribution is 2.16. The van der Waals surface area contributed by atoms with Crippen molar-refractivity contribution in [1.82, 2.24) is 0 Å². The van der Waals surface area contributed by atoms with E-state index in [9.17, 15) is 9.59 Å². The molecule has 0 saturated carbocycles. The number of esters is 2. The molecule has 0 aromatic rings. The monoisotopic (exact) mass is 244 g/mol. The predicted molar refractivity (Wildman–Crippen MR) is 59.0 cm³/mol. The first kappa shape index (κ1) is 15.3. The lowest BCUT2D eigenvalue weighted by Crippen LogP contribution is -2.43. The van der Waals surface area contributed by atoms with Gasteiger partial charge in [0, 0.05) is 18.6 Å². The number of ether oxygens (including phenoxy) is 2. The maximum atomic E-state index is 11.0. The third kappa shape index (κ3) is 5.28. The van der Waals surface area contributed by atoms with Crippen molar-refractivity contribution < 1.29 is 29.3 Å². The molecule has 0 amide bonds. The van der Waals surface area contributed by atoms with Crippen molar-refractivity contribution in [3.8, 4) is 0 Å². The molecule has 0 aliphatic rings. The van der Waals surface area contributed by atoms with Gasteiger partial charge >= 0.3 is 11.9 Å². The van der Waals surface area contributed by atoms with Crippen molar-refractivity contribution in [3.05, 3.63) is 25.3 Å². The van der Waals surface area contributed by atoms with Crippen molar-refractivity contribution in [2.45, 2.75) is 12.0 Å². The van der Waals surface area contributed by atoms with Gasteiger partial charge in [-0.1, -0.05) is 13.2 Å². The highest BCUT2D eigenvalue weighted by molar-refractivity contribution is 5.82. The molecule has 6 nitrogen and oxygen atoms in total. The first-order valence-electron chi connectivity index (χ1n) is 4.90. The summed E-state index contributed by atoms with van der Waals surface area (Å²) < 4.78 is 9.50. The third-order valence-electron chi connectivity index (χ3n) is 2.03. The molecule has 0 unspecified atom stereocenters. The van der Waals surface area contributed by atoms with Crippen LogP contribution in [-0.4, -0.2) is 47.6 Å². The van der Waals surface area contributed by atoms with Gasteiger partial charge in [0.2, 0.25) is 0 Å². The Kier molecular flexibility index (Phi) is 6.85. The smallest absolute Gasteiger partial charge is 0.330 e. The van der Waals surface area contributed by atoms with Gasteiger partial charge in [-0.2, -0.15) is 0 Å². The van der Waals surface area contributed by atoms with Gasteiger partial charge in [0.25, 0.3) is 0 Å². The van der Waals surface area contributed by atoms with E-state index in [1.807, 2.05) is 0 Å². The molecular formula is C11H16O6. The normalized spacial score (nSPS) is 10.5. The first-order chi connectivity index (χ1) is 8.03. The summed E-state index contributed by atoms with van der Waals surface area (Å²) >= 11 is 0. The van der Waals surface area contributed by atoms with Crippen LogP contribution in [-0.2, 0) is 19.1 Å². The molecule has 2 N–H and O–H groups in total. The zero-order chi connectivity index (χ0) is 13.3. The molecule has 0 aliphatic carbocycles. The van der Waals surface area contributed by atoms with Crippen molar-refractivity contribution >= 4 is 11.9 Å². The van der Waals surface area contributed by atoms with Gasteiger partial charge < -0.3 is 19.7 Å². The van der Waals surface area contributed by atoms with E-state index in [2.05, 4.69) is 17.9 Å². The van der Waals surface area contributed by atoms with Crippen LogP contribution >= 0.6 is 0 Å². The quantitative estimate of drug-likeness (QED) is 0.444. The average Bonchev–Trinajstić information content (AvgIpc) is 2.36. The number of carbonyl (C=O) groups is 2. The summed E-state index contributed by atoms with van der Waals surface area (Å²) in [4.78, 5) is 21.8. The van der Waals surface area contributed by atoms with Crippen LogP contribution in [0, 0.1) is 0 Å². The van der Waals surface area contributed by atoms with Gasteiger partial charge in [0.05, 0.1) is 19.8 Å². The van der Waals surface area contributed by atoms with Gasteiger partial charge in [-0.3, -0.25) is 0 Å². The van der Waals surface area contributed by atoms with Crippen LogP contribution in [0.15, 0.2) is 25.3 Å². The summed E-state index contributed by atoms with van der Waals surface area (Å²) in [6.45, 7) is 5.11. The highest BCUT2D eigenvalue weighted by atomic mass is 16.6. The molecular weight excluding hydrogens is 228 g/mol. The summed E-state index contributed by atoms with van der Waals surface area (Å²) in [5, 5.41) is 18.2. The second-order valence-corrected chi connectivity index (χ2v) is 3.25. The van der Waals surface area contributed by atoms with Crippen molar-refractivity contribution in [2.24, 2.45) is 0 Å².